The van der Waals surface area contributed by atoms with Crippen molar-refractivity contribution in [2.24, 2.45) is 0 Å². The van der Waals surface area contributed by atoms with E-state index in [2.05, 4.69) is 17.2 Å². The van der Waals surface area contributed by atoms with Crippen LogP contribution in [0.4, 0.5) is 0 Å². The maximum atomic E-state index is 14.1. The molecule has 2 aliphatic heterocycles. The van der Waals surface area contributed by atoms with Crippen LogP contribution in [0.3, 0.4) is 0 Å². The lowest BCUT2D eigenvalue weighted by Gasteiger charge is -2.34. The van der Waals surface area contributed by atoms with E-state index >= 15 is 0 Å². The number of carbonyl (C=O) groups is 4. The number of carbonyl (C=O) groups excluding carboxylic acids is 4. The molecule has 2 N–H and O–H groups in total. The summed E-state index contributed by atoms with van der Waals surface area (Å²) in [7, 11) is -8.23. The molecule has 0 saturated carbocycles. The Balaban J connectivity index is 0.00000307. The molecule has 9 rings (SSSR count). The van der Waals surface area contributed by atoms with E-state index in [0.717, 1.165) is 33.4 Å². The number of piperidine rings is 2. The average molecular weight is 1190 g/mol. The molecular formula is C67H72N4O12S2. The van der Waals surface area contributed by atoms with Gasteiger partial charge in [0.1, 0.15) is 25.3 Å². The molecule has 4 atom stereocenters. The monoisotopic (exact) mass is 1190 g/mol. The molecule has 7 aromatic rings. The van der Waals surface area contributed by atoms with E-state index in [1.807, 2.05) is 128 Å². The summed E-state index contributed by atoms with van der Waals surface area (Å²) in [6, 6.07) is 52.8. The Kier molecular flexibility index (Phi) is 23.1. The molecule has 2 amide bonds. The van der Waals surface area contributed by atoms with Gasteiger partial charge in [0.2, 0.25) is 31.9 Å². The van der Waals surface area contributed by atoms with Gasteiger partial charge in [-0.25, -0.2) is 26.4 Å². The highest BCUT2D eigenvalue weighted by atomic mass is 32.2. The largest absolute Gasteiger partial charge is 0.459 e. The Labute approximate surface area is 498 Å². The molecular weight excluding hydrogens is 1120 g/mol. The number of ether oxygens (including phenoxy) is 4. The van der Waals surface area contributed by atoms with Crippen LogP contribution in [0.25, 0.3) is 22.3 Å². The maximum Gasteiger partial charge on any atom is 0.331 e. The smallest absolute Gasteiger partial charge is 0.331 e. The predicted molar refractivity (Wildman–Crippen MR) is 325 cm³/mol. The molecule has 0 aromatic heterocycles. The summed E-state index contributed by atoms with van der Waals surface area (Å²) < 4.78 is 82.3. The molecule has 7 aromatic carbocycles. The second-order valence-electron chi connectivity index (χ2n) is 20.6. The van der Waals surface area contributed by atoms with Crippen LogP contribution >= 0.6 is 0 Å². The first kappa shape index (κ1) is 62.9. The normalized spacial score (nSPS) is 16.3. The van der Waals surface area contributed by atoms with Crippen molar-refractivity contribution in [3.8, 4) is 22.3 Å². The number of sulfonamides is 2. The van der Waals surface area contributed by atoms with Crippen molar-refractivity contribution in [2.45, 2.75) is 106 Å². The molecule has 2 heterocycles. The number of hydrogen-bond donors (Lipinski definition) is 2. The van der Waals surface area contributed by atoms with Crippen molar-refractivity contribution in [2.75, 3.05) is 26.3 Å². The Bertz CT molecular complexity index is 3280. The van der Waals surface area contributed by atoms with Crippen LogP contribution in [-0.2, 0) is 84.6 Å². The van der Waals surface area contributed by atoms with Crippen molar-refractivity contribution in [3.05, 3.63) is 229 Å². The van der Waals surface area contributed by atoms with Gasteiger partial charge < -0.3 is 29.6 Å². The van der Waals surface area contributed by atoms with E-state index in [-0.39, 0.29) is 75.4 Å². The first-order chi connectivity index (χ1) is 41.2. The molecule has 0 aliphatic carbocycles. The van der Waals surface area contributed by atoms with Gasteiger partial charge in [-0.1, -0.05) is 189 Å². The van der Waals surface area contributed by atoms with Crippen LogP contribution in [0.15, 0.2) is 217 Å². The highest BCUT2D eigenvalue weighted by molar-refractivity contribution is 7.89. The third-order valence-corrected chi connectivity index (χ3v) is 18.3. The Morgan fingerprint density at radius 2 is 0.765 bits per heavy atom. The average Bonchev–Trinajstić information content (AvgIpc) is 3.20. The molecule has 85 heavy (non-hydrogen) atoms. The molecule has 2 fully saturated rings. The minimum absolute atomic E-state index is 0.0519. The van der Waals surface area contributed by atoms with Crippen LogP contribution in [0.1, 0.15) is 67.7 Å². The highest BCUT2D eigenvalue weighted by Gasteiger charge is 2.41. The van der Waals surface area contributed by atoms with Gasteiger partial charge in [0, 0.05) is 13.1 Å². The summed E-state index contributed by atoms with van der Waals surface area (Å²) in [5, 5.41) is 5.51. The molecule has 0 spiro atoms. The Morgan fingerprint density at radius 1 is 0.459 bits per heavy atom. The van der Waals surface area contributed by atoms with Gasteiger partial charge in [0.05, 0.1) is 36.2 Å². The number of hydrogen-bond acceptors (Lipinski definition) is 12. The van der Waals surface area contributed by atoms with Gasteiger partial charge in [-0.15, -0.1) is 6.58 Å². The quantitative estimate of drug-likeness (QED) is 0.0429. The highest BCUT2D eigenvalue weighted by Crippen LogP contribution is 2.30. The first-order valence-corrected chi connectivity index (χ1v) is 31.3. The number of allylic oxidation sites excluding steroid dienone is 1. The second kappa shape index (κ2) is 31.2. The molecule has 18 heteroatoms. The van der Waals surface area contributed by atoms with Gasteiger partial charge in [0.25, 0.3) is 0 Å². The minimum Gasteiger partial charge on any atom is -0.459 e. The van der Waals surface area contributed by atoms with E-state index in [1.165, 1.54) is 32.9 Å². The van der Waals surface area contributed by atoms with Crippen molar-refractivity contribution in [1.82, 2.24) is 19.2 Å². The second-order valence-corrected chi connectivity index (χ2v) is 24.4. The molecule has 0 bridgehead atoms. The lowest BCUT2D eigenvalue weighted by Crippen LogP contribution is -2.56. The summed E-state index contributed by atoms with van der Waals surface area (Å²) in [6.45, 7) is 4.85. The van der Waals surface area contributed by atoms with Crippen molar-refractivity contribution in [3.63, 3.8) is 0 Å². The van der Waals surface area contributed by atoms with E-state index in [4.69, 9.17) is 18.9 Å². The number of amides is 2. The summed E-state index contributed by atoms with van der Waals surface area (Å²) in [6.07, 6.45) is 4.57. The molecule has 444 valence electrons. The Morgan fingerprint density at radius 3 is 1.11 bits per heavy atom. The van der Waals surface area contributed by atoms with Crippen LogP contribution in [0.2, 0.25) is 0 Å². The van der Waals surface area contributed by atoms with Crippen LogP contribution < -0.4 is 10.6 Å². The summed E-state index contributed by atoms with van der Waals surface area (Å²) in [4.78, 5) is 56.2. The number of benzene rings is 7. The molecule has 0 radical (unpaired) electrons. The summed E-state index contributed by atoms with van der Waals surface area (Å²) >= 11 is 0. The zero-order valence-corrected chi connectivity index (χ0v) is 49.2. The van der Waals surface area contributed by atoms with Crippen molar-refractivity contribution < 1.29 is 55.0 Å². The predicted octanol–water partition coefficient (Wildman–Crippen LogP) is 10.2. The van der Waals surface area contributed by atoms with Gasteiger partial charge in [-0.3, -0.25) is 9.59 Å². The maximum absolute atomic E-state index is 14.1. The standard InChI is InChI=1S/C64H66N4O12S2.C3H6/c69-61(59-25-13-15-39-67(59)81(73,74)55-35-31-53(32-36-55)51-21-9-3-10-22-51)65-57(45-77-41-47-17-5-1-6-18-47)63(71)79-43-49-27-29-50(30-28-49)44-80-64(72)58(46-78-42-48-19-7-2-8-20-48)66-62(70)60-26-14-16-40-68(60)82(75,76)56-37-33-54(34-38-56)52-23-11-4-12-24-52;1-3-2/h1-12,17-24,27-38,57-60H,13-16,25-26,39-46H2,(H,65,69)(H,66,70);3H,1H2,2H3/t57-,58?,59?,60?;/m0./s1. The van der Waals surface area contributed by atoms with E-state index < -0.39 is 68.0 Å². The third kappa shape index (κ3) is 17.5. The van der Waals surface area contributed by atoms with Gasteiger partial charge >= 0.3 is 11.9 Å². The number of nitrogens with zero attached hydrogens (tertiary/aromatic N) is 2. The number of rotatable bonds is 24. The number of nitrogens with one attached hydrogen (secondary N) is 2. The number of esters is 2. The SMILES string of the molecule is C=CC.O=C(OCc1ccc(COC(=O)[C@H](COCc2ccccc2)NC(=O)C2CCCCN2S(=O)(=O)c2ccc(-c3ccccc3)cc2)cc1)C(COCc1ccccc1)NC(=O)C1CCCCN1S(=O)(=O)c1ccc(-c2ccccc2)cc1. The summed E-state index contributed by atoms with van der Waals surface area (Å²) in [5.41, 5.74) is 6.38. The third-order valence-electron chi connectivity index (χ3n) is 14.4. The van der Waals surface area contributed by atoms with Crippen LogP contribution in [0, 0.1) is 0 Å². The molecule has 2 aliphatic rings. The van der Waals surface area contributed by atoms with E-state index in [9.17, 15) is 36.0 Å². The fourth-order valence-electron chi connectivity index (χ4n) is 9.93. The molecule has 3 unspecified atom stereocenters. The fourth-order valence-corrected chi connectivity index (χ4v) is 13.2. The van der Waals surface area contributed by atoms with Gasteiger partial charge in [-0.05, 0) is 101 Å². The van der Waals surface area contributed by atoms with Crippen molar-refractivity contribution in [1.29, 1.82) is 0 Å². The van der Waals surface area contributed by atoms with Crippen LogP contribution in [0.5, 0.6) is 0 Å². The lowest BCUT2D eigenvalue weighted by atomic mass is 10.0. The fraction of sp³-hybridized carbons (Fsp3) is 0.284. The van der Waals surface area contributed by atoms with Gasteiger partial charge in [-0.2, -0.15) is 8.61 Å². The topological polar surface area (TPSA) is 204 Å². The van der Waals surface area contributed by atoms with Crippen molar-refractivity contribution >= 4 is 43.8 Å². The van der Waals surface area contributed by atoms with Gasteiger partial charge in [0.15, 0.2) is 12.1 Å². The minimum atomic E-state index is -4.12. The summed E-state index contributed by atoms with van der Waals surface area (Å²) in [5.74, 6) is -2.89. The molecule has 2 saturated heterocycles. The Hall–Kier alpha value is -8.10. The zero-order valence-electron chi connectivity index (χ0n) is 47.6. The zero-order chi connectivity index (χ0) is 60.0. The first-order valence-electron chi connectivity index (χ1n) is 28.4. The van der Waals surface area contributed by atoms with E-state index in [0.29, 0.717) is 36.8 Å². The van der Waals surface area contributed by atoms with Crippen LogP contribution in [-0.4, -0.2) is 99.7 Å². The van der Waals surface area contributed by atoms with E-state index in [1.54, 1.807) is 54.6 Å². The molecule has 16 nitrogen and oxygen atoms in total. The lowest BCUT2D eigenvalue weighted by molar-refractivity contribution is -0.152.